The highest BCUT2D eigenvalue weighted by atomic mass is 35.5. The minimum absolute atomic E-state index is 0.0112. The zero-order valence-corrected chi connectivity index (χ0v) is 18.2. The normalized spacial score (nSPS) is 17.4. The number of nitrogens with zero attached hydrogens (tertiary/aromatic N) is 3. The fraction of sp³-hybridized carbons (Fsp3) is 0.0952. The number of hydrogen-bond donors (Lipinski definition) is 0. The average Bonchev–Trinajstić information content (AvgIpc) is 3.01. The van der Waals surface area contributed by atoms with E-state index in [1.807, 2.05) is 36.4 Å². The topological polar surface area (TPSA) is 79.7 Å². The summed E-state index contributed by atoms with van der Waals surface area (Å²) >= 11 is 6.85. The second kappa shape index (κ2) is 8.22. The lowest BCUT2D eigenvalue weighted by Gasteiger charge is -2.11. The number of amides is 1. The van der Waals surface area contributed by atoms with Crippen molar-refractivity contribution in [2.45, 2.75) is 11.8 Å². The molecule has 0 saturated carbocycles. The smallest absolute Gasteiger partial charge is 0.284 e. The highest BCUT2D eigenvalue weighted by Gasteiger charge is 2.34. The highest BCUT2D eigenvalue weighted by Crippen LogP contribution is 2.33. The number of benzene rings is 2. The zero-order valence-electron chi connectivity index (χ0n) is 15.8. The first kappa shape index (κ1) is 20.6. The Labute approximate surface area is 183 Å². The van der Waals surface area contributed by atoms with Crippen LogP contribution >= 0.6 is 23.4 Å². The SMILES string of the molecule is CCN1C(=O)/C(=C/c2ccc3ccccc3n2)S/C1=N/S(=O)(=O)c1ccc(Cl)cc1. The summed E-state index contributed by atoms with van der Waals surface area (Å²) in [6.07, 6.45) is 1.65. The van der Waals surface area contributed by atoms with E-state index in [2.05, 4.69) is 9.38 Å². The largest absolute Gasteiger partial charge is 0.286 e. The van der Waals surface area contributed by atoms with Gasteiger partial charge in [0.05, 0.1) is 21.0 Å². The average molecular weight is 458 g/mol. The van der Waals surface area contributed by atoms with Gasteiger partial charge < -0.3 is 0 Å². The third-order valence-electron chi connectivity index (χ3n) is 4.41. The number of rotatable bonds is 4. The number of pyridine rings is 1. The van der Waals surface area contributed by atoms with Gasteiger partial charge in [0.25, 0.3) is 15.9 Å². The van der Waals surface area contributed by atoms with Gasteiger partial charge in [0.15, 0.2) is 5.17 Å². The summed E-state index contributed by atoms with van der Waals surface area (Å²) in [5.74, 6) is -0.303. The first-order chi connectivity index (χ1) is 14.4. The molecule has 1 aliphatic heterocycles. The molecule has 1 aromatic heterocycles. The molecule has 6 nitrogen and oxygen atoms in total. The van der Waals surface area contributed by atoms with Gasteiger partial charge in [-0.25, -0.2) is 4.98 Å². The lowest BCUT2D eigenvalue weighted by atomic mass is 10.2. The Hall–Kier alpha value is -2.68. The maximum Gasteiger partial charge on any atom is 0.284 e. The fourth-order valence-corrected chi connectivity index (χ4v) is 5.27. The molecule has 0 atom stereocenters. The number of para-hydroxylation sites is 1. The van der Waals surface area contributed by atoms with Gasteiger partial charge in [-0.15, -0.1) is 4.40 Å². The second-order valence-electron chi connectivity index (χ2n) is 6.39. The van der Waals surface area contributed by atoms with Crippen LogP contribution in [0.2, 0.25) is 5.02 Å². The van der Waals surface area contributed by atoms with Crippen LogP contribution in [0.25, 0.3) is 17.0 Å². The Morgan fingerprint density at radius 3 is 2.57 bits per heavy atom. The Balaban J connectivity index is 1.69. The molecule has 9 heteroatoms. The van der Waals surface area contributed by atoms with Crippen molar-refractivity contribution in [1.82, 2.24) is 9.88 Å². The number of halogens is 1. The molecule has 3 aromatic rings. The first-order valence-corrected chi connectivity index (χ1v) is 11.7. The van der Waals surface area contributed by atoms with Crippen LogP contribution < -0.4 is 0 Å². The quantitative estimate of drug-likeness (QED) is 0.536. The summed E-state index contributed by atoms with van der Waals surface area (Å²) < 4.78 is 29.2. The summed E-state index contributed by atoms with van der Waals surface area (Å²) in [7, 11) is -3.98. The maximum atomic E-state index is 12.8. The Morgan fingerprint density at radius 1 is 1.10 bits per heavy atom. The number of aromatic nitrogens is 1. The second-order valence-corrected chi connectivity index (χ2v) is 9.44. The van der Waals surface area contributed by atoms with Crippen molar-refractivity contribution in [1.29, 1.82) is 0 Å². The molecule has 0 radical (unpaired) electrons. The van der Waals surface area contributed by atoms with Crippen LogP contribution in [0.4, 0.5) is 0 Å². The van der Waals surface area contributed by atoms with E-state index < -0.39 is 10.0 Å². The minimum Gasteiger partial charge on any atom is -0.286 e. The van der Waals surface area contributed by atoms with Crippen LogP contribution in [0.1, 0.15) is 12.6 Å². The number of sulfonamides is 1. The lowest BCUT2D eigenvalue weighted by Crippen LogP contribution is -2.29. The molecule has 1 aliphatic rings. The third-order valence-corrected chi connectivity index (χ3v) is 7.07. The van der Waals surface area contributed by atoms with Crippen molar-refractivity contribution in [3.05, 3.63) is 76.3 Å². The van der Waals surface area contributed by atoms with Crippen molar-refractivity contribution in [3.63, 3.8) is 0 Å². The molecule has 4 rings (SSSR count). The molecule has 1 amide bonds. The van der Waals surface area contributed by atoms with Gasteiger partial charge in [-0.2, -0.15) is 8.42 Å². The van der Waals surface area contributed by atoms with Crippen molar-refractivity contribution in [2.75, 3.05) is 6.54 Å². The van der Waals surface area contributed by atoms with Crippen LogP contribution in [0.3, 0.4) is 0 Å². The number of carbonyl (C=O) groups excluding carboxylic acids is 1. The maximum absolute atomic E-state index is 12.8. The zero-order chi connectivity index (χ0) is 21.3. The predicted octanol–water partition coefficient (Wildman–Crippen LogP) is 4.57. The summed E-state index contributed by atoms with van der Waals surface area (Å²) in [5, 5.41) is 1.54. The number of thioether (sulfide) groups is 1. The number of fused-ring (bicyclic) bond motifs is 1. The number of amidine groups is 1. The summed E-state index contributed by atoms with van der Waals surface area (Å²) in [6, 6.07) is 17.2. The molecule has 0 aliphatic carbocycles. The van der Waals surface area contributed by atoms with Crippen molar-refractivity contribution >= 4 is 61.4 Å². The third kappa shape index (κ3) is 4.12. The first-order valence-electron chi connectivity index (χ1n) is 9.05. The van der Waals surface area contributed by atoms with E-state index in [4.69, 9.17) is 11.6 Å². The Morgan fingerprint density at radius 2 is 1.83 bits per heavy atom. The lowest BCUT2D eigenvalue weighted by molar-refractivity contribution is -0.122. The molecule has 0 N–H and O–H groups in total. The van der Waals surface area contributed by atoms with E-state index in [9.17, 15) is 13.2 Å². The van der Waals surface area contributed by atoms with Gasteiger partial charge >= 0.3 is 0 Å². The molecular weight excluding hydrogens is 442 g/mol. The number of hydrogen-bond acceptors (Lipinski definition) is 5. The molecule has 30 heavy (non-hydrogen) atoms. The van der Waals surface area contributed by atoms with Crippen LogP contribution in [-0.4, -0.2) is 35.9 Å². The van der Waals surface area contributed by atoms with E-state index in [0.717, 1.165) is 22.7 Å². The van der Waals surface area contributed by atoms with Crippen LogP contribution in [0.15, 0.2) is 74.9 Å². The highest BCUT2D eigenvalue weighted by molar-refractivity contribution is 8.19. The van der Waals surface area contributed by atoms with Gasteiger partial charge in [0, 0.05) is 17.0 Å². The van der Waals surface area contributed by atoms with Gasteiger partial charge in [-0.3, -0.25) is 9.69 Å². The van der Waals surface area contributed by atoms with Gasteiger partial charge in [-0.1, -0.05) is 35.9 Å². The van der Waals surface area contributed by atoms with Crippen molar-refractivity contribution in [2.24, 2.45) is 4.40 Å². The van der Waals surface area contributed by atoms with Crippen LogP contribution in [0, 0.1) is 0 Å². The van der Waals surface area contributed by atoms with Gasteiger partial charge in [-0.05, 0) is 61.2 Å². The summed E-state index contributed by atoms with van der Waals surface area (Å²) in [5.41, 5.74) is 1.43. The Bertz CT molecular complexity index is 1300. The Kier molecular flexibility index (Phi) is 5.64. The molecule has 152 valence electrons. The molecule has 2 aromatic carbocycles. The van der Waals surface area contributed by atoms with Gasteiger partial charge in [0.1, 0.15) is 0 Å². The minimum atomic E-state index is -3.98. The van der Waals surface area contributed by atoms with E-state index in [0.29, 0.717) is 22.2 Å². The van der Waals surface area contributed by atoms with E-state index in [-0.39, 0.29) is 16.0 Å². The fourth-order valence-electron chi connectivity index (χ4n) is 2.91. The number of carbonyl (C=O) groups is 1. The van der Waals surface area contributed by atoms with E-state index in [1.54, 1.807) is 13.0 Å². The van der Waals surface area contributed by atoms with E-state index in [1.165, 1.54) is 29.2 Å². The molecule has 0 unspecified atom stereocenters. The predicted molar refractivity (Wildman–Crippen MR) is 121 cm³/mol. The monoisotopic (exact) mass is 457 g/mol. The van der Waals surface area contributed by atoms with Crippen molar-refractivity contribution < 1.29 is 13.2 Å². The van der Waals surface area contributed by atoms with Crippen LogP contribution in [0.5, 0.6) is 0 Å². The molecule has 1 saturated heterocycles. The van der Waals surface area contributed by atoms with E-state index >= 15 is 0 Å². The summed E-state index contributed by atoms with van der Waals surface area (Å²) in [4.78, 5) is 19.1. The molecule has 1 fully saturated rings. The standard InChI is InChI=1S/C21H16ClN3O3S2/c1-2-25-20(26)19(13-16-10-7-14-5-3-4-6-18(14)23-16)29-21(25)24-30(27,28)17-11-8-15(22)9-12-17/h3-13H,2H2,1H3/b19-13-,24-21+. The van der Waals surface area contributed by atoms with Gasteiger partial charge in [0.2, 0.25) is 0 Å². The molecule has 2 heterocycles. The number of likely N-dealkylation sites (N-methyl/N-ethyl adjacent to an activating group) is 1. The molecule has 0 bridgehead atoms. The van der Waals surface area contributed by atoms with Crippen molar-refractivity contribution in [3.8, 4) is 0 Å². The molecular formula is C21H16ClN3O3S2. The van der Waals surface area contributed by atoms with Crippen LogP contribution in [-0.2, 0) is 14.8 Å². The summed E-state index contributed by atoms with van der Waals surface area (Å²) in [6.45, 7) is 2.06. The molecule has 0 spiro atoms.